The molecular formula is C19H21N3O2. The Morgan fingerprint density at radius 2 is 1.58 bits per heavy atom. The number of carbonyl (C=O) groups is 1. The zero-order chi connectivity index (χ0) is 16.4. The Balaban J connectivity index is 1.75. The fourth-order valence-electron chi connectivity index (χ4n) is 3.48. The summed E-state index contributed by atoms with van der Waals surface area (Å²) in [6.07, 6.45) is 0. The number of carbonyl (C=O) groups excluding carboxylic acids is 1. The Labute approximate surface area is 141 Å². The number of morpholine rings is 1. The van der Waals surface area contributed by atoms with E-state index in [1.807, 2.05) is 42.5 Å². The lowest BCUT2D eigenvalue weighted by molar-refractivity contribution is -0.123. The van der Waals surface area contributed by atoms with Gasteiger partial charge in [-0.25, -0.2) is 0 Å². The highest BCUT2D eigenvalue weighted by Gasteiger charge is 2.38. The Hall–Kier alpha value is -2.37. The number of para-hydroxylation sites is 2. The van der Waals surface area contributed by atoms with E-state index >= 15 is 0 Å². The smallest absolute Gasteiger partial charge is 0.244 e. The molecule has 5 nitrogen and oxygen atoms in total. The average molecular weight is 323 g/mol. The molecule has 0 saturated carbocycles. The van der Waals surface area contributed by atoms with Crippen molar-refractivity contribution in [1.29, 1.82) is 0 Å². The van der Waals surface area contributed by atoms with E-state index in [-0.39, 0.29) is 18.0 Å². The summed E-state index contributed by atoms with van der Waals surface area (Å²) in [5, 5.41) is 6.67. The van der Waals surface area contributed by atoms with Crippen LogP contribution in [0.3, 0.4) is 0 Å². The Kier molecular flexibility index (Phi) is 4.19. The molecule has 0 spiro atoms. The van der Waals surface area contributed by atoms with Gasteiger partial charge in [0.25, 0.3) is 0 Å². The molecule has 0 aliphatic carbocycles. The first-order valence-corrected chi connectivity index (χ1v) is 8.36. The van der Waals surface area contributed by atoms with Gasteiger partial charge in [0.1, 0.15) is 6.04 Å². The maximum atomic E-state index is 13.0. The van der Waals surface area contributed by atoms with Gasteiger partial charge in [0.05, 0.1) is 30.6 Å². The number of nitrogens with zero attached hydrogens (tertiary/aromatic N) is 1. The van der Waals surface area contributed by atoms with E-state index in [9.17, 15) is 4.79 Å². The maximum absolute atomic E-state index is 13.0. The number of nitrogens with one attached hydrogen (secondary N) is 2. The standard InChI is InChI=1S/C19H21N3O2/c23-19-18(22-10-12-24-13-11-22)17(14-6-2-1-3-7-14)20-15-8-4-5-9-16(15)21-19/h1-9,17-18,20H,10-13H2,(H,21,23)/t17-,18-/m0/s1. The highest BCUT2D eigenvalue weighted by Crippen LogP contribution is 2.34. The number of fused-ring (bicyclic) bond motifs is 1. The first-order chi connectivity index (χ1) is 11.8. The monoisotopic (exact) mass is 323 g/mol. The number of hydrogen-bond acceptors (Lipinski definition) is 4. The second kappa shape index (κ2) is 6.63. The van der Waals surface area contributed by atoms with E-state index in [1.165, 1.54) is 0 Å². The van der Waals surface area contributed by atoms with Gasteiger partial charge in [-0.05, 0) is 17.7 Å². The van der Waals surface area contributed by atoms with Gasteiger partial charge in [0.15, 0.2) is 0 Å². The number of benzene rings is 2. The van der Waals surface area contributed by atoms with Crippen LogP contribution < -0.4 is 10.6 Å². The average Bonchev–Trinajstić information content (AvgIpc) is 2.79. The minimum Gasteiger partial charge on any atom is -0.379 e. The molecule has 2 N–H and O–H groups in total. The number of anilines is 2. The summed E-state index contributed by atoms with van der Waals surface area (Å²) in [5.74, 6) is 0.0307. The summed E-state index contributed by atoms with van der Waals surface area (Å²) in [6.45, 7) is 2.86. The first kappa shape index (κ1) is 15.2. The zero-order valence-electron chi connectivity index (χ0n) is 13.4. The molecule has 2 atom stereocenters. The van der Waals surface area contributed by atoms with Crippen LogP contribution in [0.15, 0.2) is 54.6 Å². The molecule has 2 aromatic rings. The van der Waals surface area contributed by atoms with Gasteiger partial charge in [-0.1, -0.05) is 42.5 Å². The number of amides is 1. The number of rotatable bonds is 2. The summed E-state index contributed by atoms with van der Waals surface area (Å²) in [5.41, 5.74) is 2.90. The third-order valence-electron chi connectivity index (χ3n) is 4.68. The third kappa shape index (κ3) is 2.88. The van der Waals surface area contributed by atoms with Crippen molar-refractivity contribution in [3.05, 3.63) is 60.2 Å². The van der Waals surface area contributed by atoms with E-state index in [0.717, 1.165) is 30.0 Å². The van der Waals surface area contributed by atoms with E-state index in [4.69, 9.17) is 4.74 Å². The Morgan fingerprint density at radius 1 is 0.917 bits per heavy atom. The van der Waals surface area contributed by atoms with Crippen molar-refractivity contribution < 1.29 is 9.53 Å². The Morgan fingerprint density at radius 3 is 2.33 bits per heavy atom. The molecule has 2 heterocycles. The van der Waals surface area contributed by atoms with Gasteiger partial charge in [-0.3, -0.25) is 9.69 Å². The van der Waals surface area contributed by atoms with Crippen LogP contribution in [0, 0.1) is 0 Å². The van der Waals surface area contributed by atoms with Crippen LogP contribution in [-0.2, 0) is 9.53 Å². The van der Waals surface area contributed by atoms with Crippen LogP contribution in [0.1, 0.15) is 11.6 Å². The molecule has 5 heteroatoms. The van der Waals surface area contributed by atoms with Crippen molar-refractivity contribution in [2.24, 2.45) is 0 Å². The summed E-state index contributed by atoms with van der Waals surface area (Å²) in [4.78, 5) is 15.2. The van der Waals surface area contributed by atoms with E-state index in [2.05, 4.69) is 27.7 Å². The van der Waals surface area contributed by atoms with E-state index in [1.54, 1.807) is 0 Å². The predicted octanol–water partition coefficient (Wildman–Crippen LogP) is 2.49. The summed E-state index contributed by atoms with van der Waals surface area (Å²) in [7, 11) is 0. The number of hydrogen-bond donors (Lipinski definition) is 2. The summed E-state index contributed by atoms with van der Waals surface area (Å²) < 4.78 is 5.47. The lowest BCUT2D eigenvalue weighted by Gasteiger charge is -2.37. The second-order valence-corrected chi connectivity index (χ2v) is 6.16. The first-order valence-electron chi connectivity index (χ1n) is 8.36. The predicted molar refractivity (Wildman–Crippen MR) is 94.1 cm³/mol. The summed E-state index contributed by atoms with van der Waals surface area (Å²) in [6, 6.07) is 17.7. The quantitative estimate of drug-likeness (QED) is 0.891. The molecule has 1 amide bonds. The number of ether oxygens (including phenoxy) is 1. The maximum Gasteiger partial charge on any atom is 0.244 e. The highest BCUT2D eigenvalue weighted by molar-refractivity contribution is 6.00. The molecule has 24 heavy (non-hydrogen) atoms. The van der Waals surface area contributed by atoms with E-state index < -0.39 is 0 Å². The van der Waals surface area contributed by atoms with Crippen LogP contribution in [-0.4, -0.2) is 43.2 Å². The zero-order valence-corrected chi connectivity index (χ0v) is 13.4. The van der Waals surface area contributed by atoms with Crippen LogP contribution in [0.2, 0.25) is 0 Å². The largest absolute Gasteiger partial charge is 0.379 e. The normalized spacial score (nSPS) is 24.4. The van der Waals surface area contributed by atoms with Gasteiger partial charge < -0.3 is 15.4 Å². The van der Waals surface area contributed by atoms with Gasteiger partial charge >= 0.3 is 0 Å². The van der Waals surface area contributed by atoms with Crippen LogP contribution in [0.5, 0.6) is 0 Å². The molecule has 124 valence electrons. The van der Waals surface area contributed by atoms with Gasteiger partial charge in [-0.2, -0.15) is 0 Å². The lowest BCUT2D eigenvalue weighted by atomic mass is 9.97. The second-order valence-electron chi connectivity index (χ2n) is 6.16. The molecule has 2 aliphatic heterocycles. The Bertz CT molecular complexity index is 714. The van der Waals surface area contributed by atoms with Crippen molar-refractivity contribution in [2.75, 3.05) is 36.9 Å². The fraction of sp³-hybridized carbons (Fsp3) is 0.316. The fourth-order valence-corrected chi connectivity index (χ4v) is 3.48. The SMILES string of the molecule is O=C1Nc2ccccc2N[C@@H](c2ccccc2)[C@@H]1N1CCOCC1. The lowest BCUT2D eigenvalue weighted by Crippen LogP contribution is -2.52. The van der Waals surface area contributed by atoms with Crippen molar-refractivity contribution in [3.63, 3.8) is 0 Å². The topological polar surface area (TPSA) is 53.6 Å². The molecule has 2 aliphatic rings. The molecule has 0 aromatic heterocycles. The minimum atomic E-state index is -0.274. The van der Waals surface area contributed by atoms with Gasteiger partial charge in [-0.15, -0.1) is 0 Å². The molecule has 2 aromatic carbocycles. The molecule has 1 saturated heterocycles. The molecule has 0 bridgehead atoms. The van der Waals surface area contributed by atoms with Gasteiger partial charge in [0, 0.05) is 13.1 Å². The molecule has 0 radical (unpaired) electrons. The van der Waals surface area contributed by atoms with Crippen molar-refractivity contribution >= 4 is 17.3 Å². The van der Waals surface area contributed by atoms with Crippen molar-refractivity contribution in [1.82, 2.24) is 4.90 Å². The van der Waals surface area contributed by atoms with E-state index in [0.29, 0.717) is 13.2 Å². The van der Waals surface area contributed by atoms with Crippen LogP contribution in [0.25, 0.3) is 0 Å². The van der Waals surface area contributed by atoms with Crippen molar-refractivity contribution in [3.8, 4) is 0 Å². The molecule has 0 unspecified atom stereocenters. The van der Waals surface area contributed by atoms with Crippen LogP contribution >= 0.6 is 0 Å². The van der Waals surface area contributed by atoms with Crippen molar-refractivity contribution in [2.45, 2.75) is 12.1 Å². The highest BCUT2D eigenvalue weighted by atomic mass is 16.5. The minimum absolute atomic E-state index is 0.0307. The molecular weight excluding hydrogens is 302 g/mol. The molecule has 1 fully saturated rings. The third-order valence-corrected chi connectivity index (χ3v) is 4.68. The summed E-state index contributed by atoms with van der Waals surface area (Å²) >= 11 is 0. The molecule has 4 rings (SSSR count). The van der Waals surface area contributed by atoms with Crippen LogP contribution in [0.4, 0.5) is 11.4 Å². The van der Waals surface area contributed by atoms with Gasteiger partial charge in [0.2, 0.25) is 5.91 Å².